The Hall–Kier alpha value is -2.11. The van der Waals surface area contributed by atoms with E-state index in [0.717, 1.165) is 20.3 Å². The lowest BCUT2D eigenvalue weighted by Gasteiger charge is -2.15. The van der Waals surface area contributed by atoms with E-state index in [9.17, 15) is 14.4 Å². The number of methoxy groups -OCH3 is 2. The Labute approximate surface area is 105 Å². The van der Waals surface area contributed by atoms with Crippen molar-refractivity contribution in [1.82, 2.24) is 0 Å². The van der Waals surface area contributed by atoms with Gasteiger partial charge in [0.15, 0.2) is 0 Å². The third-order valence-corrected chi connectivity index (χ3v) is 1.97. The predicted octanol–water partition coefficient (Wildman–Crippen LogP) is 0.767. The first-order valence-corrected chi connectivity index (χ1v) is 5.07. The molecule has 6 nitrogen and oxygen atoms in total. The van der Waals surface area contributed by atoms with Crippen LogP contribution in [0.3, 0.4) is 0 Å². The fourth-order valence-electron chi connectivity index (χ4n) is 0.971. The number of esters is 3. The monoisotopic (exact) mass is 256 g/mol. The summed E-state index contributed by atoms with van der Waals surface area (Å²) in [6.45, 7) is 6.31. The van der Waals surface area contributed by atoms with Gasteiger partial charge >= 0.3 is 17.9 Å². The van der Waals surface area contributed by atoms with E-state index in [2.05, 4.69) is 16.1 Å². The lowest BCUT2D eigenvalue weighted by molar-refractivity contribution is -0.145. The second kappa shape index (κ2) is 7.26. The molecule has 0 radical (unpaired) electrons. The van der Waals surface area contributed by atoms with Crippen molar-refractivity contribution in [1.29, 1.82) is 0 Å². The molecule has 0 bridgehead atoms. The van der Waals surface area contributed by atoms with E-state index in [1.54, 1.807) is 0 Å². The smallest absolute Gasteiger partial charge is 0.337 e. The van der Waals surface area contributed by atoms with E-state index in [4.69, 9.17) is 4.74 Å². The van der Waals surface area contributed by atoms with Crippen LogP contribution in [-0.2, 0) is 28.6 Å². The fraction of sp³-hybridized carbons (Fsp3) is 0.417. The summed E-state index contributed by atoms with van der Waals surface area (Å²) < 4.78 is 13.8. The fourth-order valence-corrected chi connectivity index (χ4v) is 0.971. The van der Waals surface area contributed by atoms with Crippen LogP contribution in [0.5, 0.6) is 0 Å². The molecular formula is C12H16O6. The number of carbonyl (C=O) groups excluding carboxylic acids is 3. The Morgan fingerprint density at radius 1 is 1.11 bits per heavy atom. The van der Waals surface area contributed by atoms with E-state index >= 15 is 0 Å². The number of hydrogen-bond donors (Lipinski definition) is 0. The van der Waals surface area contributed by atoms with Crippen LogP contribution in [0.4, 0.5) is 0 Å². The predicted molar refractivity (Wildman–Crippen MR) is 62.5 cm³/mol. The molecule has 1 atom stereocenters. The minimum atomic E-state index is -0.944. The lowest BCUT2D eigenvalue weighted by atomic mass is 10.1. The summed E-state index contributed by atoms with van der Waals surface area (Å²) >= 11 is 0. The van der Waals surface area contributed by atoms with Crippen LogP contribution in [0, 0.1) is 0 Å². The standard InChI is InChI=1S/C12H16O6/c1-7(2)11(14)18-8(3)9(12(15)17-5)6-10(13)16-4/h6,8H,1H2,2-5H3/b9-6-. The molecular weight excluding hydrogens is 240 g/mol. The van der Waals surface area contributed by atoms with Gasteiger partial charge in [0.1, 0.15) is 6.10 Å². The van der Waals surface area contributed by atoms with Crippen LogP contribution in [0.25, 0.3) is 0 Å². The van der Waals surface area contributed by atoms with Gasteiger partial charge in [-0.25, -0.2) is 14.4 Å². The van der Waals surface area contributed by atoms with Crippen LogP contribution in [0.15, 0.2) is 23.8 Å². The van der Waals surface area contributed by atoms with Gasteiger partial charge in [-0.3, -0.25) is 0 Å². The van der Waals surface area contributed by atoms with E-state index < -0.39 is 24.0 Å². The summed E-state index contributed by atoms with van der Waals surface area (Å²) in [5, 5.41) is 0. The van der Waals surface area contributed by atoms with Crippen molar-refractivity contribution in [3.8, 4) is 0 Å². The third-order valence-electron chi connectivity index (χ3n) is 1.97. The molecule has 0 saturated heterocycles. The maximum absolute atomic E-state index is 11.4. The van der Waals surface area contributed by atoms with Crippen LogP contribution in [0.2, 0.25) is 0 Å². The van der Waals surface area contributed by atoms with Gasteiger partial charge in [-0.1, -0.05) is 6.58 Å². The van der Waals surface area contributed by atoms with Gasteiger partial charge in [-0.05, 0) is 13.8 Å². The molecule has 1 unspecified atom stereocenters. The largest absolute Gasteiger partial charge is 0.466 e. The van der Waals surface area contributed by atoms with Gasteiger partial charge < -0.3 is 14.2 Å². The summed E-state index contributed by atoms with van der Waals surface area (Å²) in [5.41, 5.74) is 0.0723. The zero-order valence-corrected chi connectivity index (χ0v) is 10.8. The van der Waals surface area contributed by atoms with Gasteiger partial charge in [-0.2, -0.15) is 0 Å². The average molecular weight is 256 g/mol. The molecule has 0 spiro atoms. The van der Waals surface area contributed by atoms with E-state index in [1.165, 1.54) is 13.8 Å². The van der Waals surface area contributed by atoms with Gasteiger partial charge in [0.2, 0.25) is 0 Å². The first-order valence-electron chi connectivity index (χ1n) is 5.07. The zero-order chi connectivity index (χ0) is 14.3. The van der Waals surface area contributed by atoms with E-state index in [0.29, 0.717) is 0 Å². The van der Waals surface area contributed by atoms with Gasteiger partial charge in [0.25, 0.3) is 0 Å². The molecule has 0 aliphatic heterocycles. The summed E-state index contributed by atoms with van der Waals surface area (Å²) in [5.74, 6) is -2.18. The highest BCUT2D eigenvalue weighted by atomic mass is 16.6. The van der Waals surface area contributed by atoms with Crippen LogP contribution in [0.1, 0.15) is 13.8 Å². The Morgan fingerprint density at radius 2 is 1.67 bits per heavy atom. The molecule has 0 aromatic carbocycles. The van der Waals surface area contributed by atoms with Crippen molar-refractivity contribution in [3.63, 3.8) is 0 Å². The maximum atomic E-state index is 11.4. The average Bonchev–Trinajstić information content (AvgIpc) is 2.33. The highest BCUT2D eigenvalue weighted by molar-refractivity contribution is 5.97. The molecule has 0 amide bonds. The molecule has 0 aliphatic rings. The lowest BCUT2D eigenvalue weighted by Crippen LogP contribution is -2.24. The number of ether oxygens (including phenoxy) is 3. The first-order chi connectivity index (χ1) is 8.33. The van der Waals surface area contributed by atoms with Crippen molar-refractivity contribution >= 4 is 17.9 Å². The molecule has 0 aromatic rings. The van der Waals surface area contributed by atoms with Crippen molar-refractivity contribution in [2.24, 2.45) is 0 Å². The second-order valence-electron chi connectivity index (χ2n) is 3.44. The number of hydrogen-bond acceptors (Lipinski definition) is 6. The third kappa shape index (κ3) is 4.82. The molecule has 0 N–H and O–H groups in total. The van der Waals surface area contributed by atoms with Gasteiger partial charge in [0.05, 0.1) is 19.8 Å². The molecule has 18 heavy (non-hydrogen) atoms. The molecule has 6 heteroatoms. The molecule has 0 aliphatic carbocycles. The Bertz CT molecular complexity index is 393. The minimum absolute atomic E-state index is 0.112. The van der Waals surface area contributed by atoms with Crippen molar-refractivity contribution in [2.45, 2.75) is 20.0 Å². The van der Waals surface area contributed by atoms with Crippen LogP contribution < -0.4 is 0 Å². The second-order valence-corrected chi connectivity index (χ2v) is 3.44. The zero-order valence-electron chi connectivity index (χ0n) is 10.8. The molecule has 100 valence electrons. The van der Waals surface area contributed by atoms with Crippen molar-refractivity contribution in [2.75, 3.05) is 14.2 Å². The maximum Gasteiger partial charge on any atom is 0.337 e. The quantitative estimate of drug-likeness (QED) is 0.410. The number of rotatable bonds is 5. The van der Waals surface area contributed by atoms with E-state index in [-0.39, 0.29) is 11.1 Å². The summed E-state index contributed by atoms with van der Waals surface area (Å²) in [4.78, 5) is 33.9. The molecule has 0 fully saturated rings. The minimum Gasteiger partial charge on any atom is -0.466 e. The van der Waals surface area contributed by atoms with E-state index in [1.807, 2.05) is 0 Å². The molecule has 0 rings (SSSR count). The molecule has 0 saturated carbocycles. The highest BCUT2D eigenvalue weighted by Gasteiger charge is 2.23. The Balaban J connectivity index is 5.03. The summed E-state index contributed by atoms with van der Waals surface area (Å²) in [6, 6.07) is 0. The first kappa shape index (κ1) is 15.9. The molecule has 0 aromatic heterocycles. The normalized spacial score (nSPS) is 12.3. The number of carbonyl (C=O) groups is 3. The van der Waals surface area contributed by atoms with Crippen molar-refractivity contribution < 1.29 is 28.6 Å². The topological polar surface area (TPSA) is 78.9 Å². The van der Waals surface area contributed by atoms with Crippen LogP contribution in [-0.4, -0.2) is 38.2 Å². The molecule has 0 heterocycles. The summed E-state index contributed by atoms with van der Waals surface area (Å²) in [6.07, 6.45) is -0.0249. The Kier molecular flexibility index (Phi) is 6.41. The Morgan fingerprint density at radius 3 is 2.06 bits per heavy atom. The van der Waals surface area contributed by atoms with Crippen LogP contribution >= 0.6 is 0 Å². The van der Waals surface area contributed by atoms with Gasteiger partial charge in [0, 0.05) is 11.6 Å². The van der Waals surface area contributed by atoms with Gasteiger partial charge in [-0.15, -0.1) is 0 Å². The highest BCUT2D eigenvalue weighted by Crippen LogP contribution is 2.11. The SMILES string of the molecule is C=C(C)C(=O)OC(C)/C(=C/C(=O)OC)C(=O)OC. The van der Waals surface area contributed by atoms with Crippen molar-refractivity contribution in [3.05, 3.63) is 23.8 Å². The summed E-state index contributed by atoms with van der Waals surface area (Å²) in [7, 11) is 2.32.